The Kier molecular flexibility index (Phi) is 3.58. The van der Waals surface area contributed by atoms with Gasteiger partial charge in [-0.25, -0.2) is 0 Å². The van der Waals surface area contributed by atoms with Gasteiger partial charge in [0.15, 0.2) is 0 Å². The highest BCUT2D eigenvalue weighted by Gasteiger charge is 2.37. The minimum atomic E-state index is -0.524. The zero-order valence-electron chi connectivity index (χ0n) is 14.9. The average molecular weight is 346 g/mol. The molecule has 2 aromatic carbocycles. The van der Waals surface area contributed by atoms with Crippen LogP contribution in [0.25, 0.3) is 22.1 Å². The Bertz CT molecular complexity index is 1110. The predicted octanol–water partition coefficient (Wildman–Crippen LogP) is 5.15. The van der Waals surface area contributed by atoms with Gasteiger partial charge in [0.25, 0.3) is 0 Å². The van der Waals surface area contributed by atoms with E-state index in [4.69, 9.17) is 9.15 Å². The second-order valence-corrected chi connectivity index (χ2v) is 6.66. The van der Waals surface area contributed by atoms with Crippen molar-refractivity contribution in [1.29, 1.82) is 0 Å². The summed E-state index contributed by atoms with van der Waals surface area (Å²) in [6.07, 6.45) is 0. The fourth-order valence-corrected chi connectivity index (χ4v) is 3.53. The maximum Gasteiger partial charge on any atom is 0.237 e. The van der Waals surface area contributed by atoms with E-state index in [1.54, 1.807) is 13.8 Å². The number of furan rings is 1. The van der Waals surface area contributed by atoms with Gasteiger partial charge < -0.3 is 9.15 Å². The molecular weight excluding hydrogens is 328 g/mol. The number of allylic oxidation sites excluding steroid dienone is 1. The van der Waals surface area contributed by atoms with Gasteiger partial charge in [0.05, 0.1) is 11.3 Å². The molecule has 4 nitrogen and oxygen atoms in total. The molecule has 1 heterocycles. The molecule has 130 valence electrons. The molecule has 0 radical (unpaired) electrons. The lowest BCUT2D eigenvalue weighted by Gasteiger charge is -2.16. The zero-order chi connectivity index (χ0) is 18.6. The number of hydrogen-bond donors (Lipinski definition) is 0. The number of aryl methyl sites for hydroxylation is 1. The summed E-state index contributed by atoms with van der Waals surface area (Å²) in [5.74, 6) is 0.537. The summed E-state index contributed by atoms with van der Waals surface area (Å²) in [6.45, 7) is 9.39. The third-order valence-electron chi connectivity index (χ3n) is 4.88. The summed E-state index contributed by atoms with van der Waals surface area (Å²) in [6, 6.07) is 9.58. The van der Waals surface area contributed by atoms with Crippen molar-refractivity contribution in [2.45, 2.75) is 27.4 Å². The Balaban J connectivity index is 1.99. The fraction of sp³-hybridized carbons (Fsp3) is 0.182. The number of rotatable bonds is 3. The van der Waals surface area contributed by atoms with Crippen molar-refractivity contribution in [2.75, 3.05) is 0 Å². The Labute approximate surface area is 151 Å². The maximum absolute atomic E-state index is 12.9. The van der Waals surface area contributed by atoms with Gasteiger partial charge >= 0.3 is 0 Å². The first-order chi connectivity index (χ1) is 12.4. The Hall–Kier alpha value is -3.14. The van der Waals surface area contributed by atoms with Gasteiger partial charge in [-0.3, -0.25) is 9.59 Å². The molecule has 0 amide bonds. The van der Waals surface area contributed by atoms with E-state index in [1.165, 1.54) is 0 Å². The highest BCUT2D eigenvalue weighted by molar-refractivity contribution is 6.54. The van der Waals surface area contributed by atoms with Crippen molar-refractivity contribution in [3.63, 3.8) is 0 Å². The van der Waals surface area contributed by atoms with E-state index in [-0.39, 0.29) is 6.61 Å². The monoisotopic (exact) mass is 346 g/mol. The van der Waals surface area contributed by atoms with Crippen LogP contribution in [0.3, 0.4) is 0 Å². The van der Waals surface area contributed by atoms with Gasteiger partial charge in [0.2, 0.25) is 11.6 Å². The van der Waals surface area contributed by atoms with Crippen molar-refractivity contribution >= 4 is 22.3 Å². The third kappa shape index (κ3) is 2.22. The third-order valence-corrected chi connectivity index (χ3v) is 4.88. The molecule has 0 spiro atoms. The van der Waals surface area contributed by atoms with E-state index in [2.05, 4.69) is 6.58 Å². The lowest BCUT2D eigenvalue weighted by molar-refractivity contribution is 0.0815. The second-order valence-electron chi connectivity index (χ2n) is 6.66. The summed E-state index contributed by atoms with van der Waals surface area (Å²) < 4.78 is 11.4. The molecule has 0 fully saturated rings. The van der Waals surface area contributed by atoms with E-state index in [0.29, 0.717) is 39.5 Å². The lowest BCUT2D eigenvalue weighted by atomic mass is 9.83. The number of carbonyl (C=O) groups excluding carboxylic acids is 2. The average Bonchev–Trinajstić information content (AvgIpc) is 2.94. The highest BCUT2D eigenvalue weighted by atomic mass is 16.5. The van der Waals surface area contributed by atoms with E-state index < -0.39 is 11.6 Å². The molecule has 3 aromatic rings. The van der Waals surface area contributed by atoms with Crippen LogP contribution in [-0.4, -0.2) is 11.6 Å². The standard InChI is InChI=1S/C22H18O4/c1-11(2)25-10-17-13(4)18-20(23)21(24)19-15-7-5-6-12(3)14(15)8-9-16(19)22(18)26-17/h5-9H,1,10H2,2-4H3. The number of ether oxygens (including phenoxy) is 1. The van der Waals surface area contributed by atoms with Crippen molar-refractivity contribution < 1.29 is 18.7 Å². The molecule has 0 atom stereocenters. The quantitative estimate of drug-likeness (QED) is 0.486. The van der Waals surface area contributed by atoms with E-state index in [0.717, 1.165) is 16.3 Å². The number of carbonyl (C=O) groups is 2. The Morgan fingerprint density at radius 3 is 2.50 bits per heavy atom. The largest absolute Gasteiger partial charge is 0.491 e. The molecule has 0 bridgehead atoms. The zero-order valence-corrected chi connectivity index (χ0v) is 14.9. The first-order valence-electron chi connectivity index (χ1n) is 8.42. The van der Waals surface area contributed by atoms with Gasteiger partial charge in [-0.2, -0.15) is 0 Å². The number of hydrogen-bond acceptors (Lipinski definition) is 4. The van der Waals surface area contributed by atoms with Gasteiger partial charge in [-0.1, -0.05) is 30.8 Å². The van der Waals surface area contributed by atoms with Gasteiger partial charge in [-0.05, 0) is 43.2 Å². The van der Waals surface area contributed by atoms with Crippen LogP contribution in [0.2, 0.25) is 0 Å². The van der Waals surface area contributed by atoms with Crippen LogP contribution in [0.5, 0.6) is 0 Å². The van der Waals surface area contributed by atoms with Gasteiger partial charge in [-0.15, -0.1) is 0 Å². The molecule has 0 unspecified atom stereocenters. The molecule has 1 aromatic heterocycles. The van der Waals surface area contributed by atoms with Crippen LogP contribution < -0.4 is 0 Å². The Morgan fingerprint density at radius 1 is 1.04 bits per heavy atom. The number of Topliss-reactive ketones (excluding diaryl/α,β-unsaturated/α-hetero) is 2. The molecule has 26 heavy (non-hydrogen) atoms. The first-order valence-corrected chi connectivity index (χ1v) is 8.42. The predicted molar refractivity (Wildman–Crippen MR) is 99.4 cm³/mol. The molecule has 4 heteroatoms. The summed E-state index contributed by atoms with van der Waals surface area (Å²) in [7, 11) is 0. The molecule has 0 aliphatic heterocycles. The fourth-order valence-electron chi connectivity index (χ4n) is 3.53. The van der Waals surface area contributed by atoms with Crippen LogP contribution in [0.15, 0.2) is 47.1 Å². The summed E-state index contributed by atoms with van der Waals surface area (Å²) in [5, 5.41) is 1.74. The summed E-state index contributed by atoms with van der Waals surface area (Å²) in [4.78, 5) is 25.7. The SMILES string of the molecule is C=C(C)OCc1oc2c(c1C)C(=O)C(=O)c1c-2ccc2c(C)cccc12. The lowest BCUT2D eigenvalue weighted by Crippen LogP contribution is -2.21. The van der Waals surface area contributed by atoms with Crippen LogP contribution in [0, 0.1) is 13.8 Å². The molecular formula is C22H18O4. The highest BCUT2D eigenvalue weighted by Crippen LogP contribution is 2.41. The van der Waals surface area contributed by atoms with Crippen molar-refractivity contribution in [3.05, 3.63) is 70.7 Å². The van der Waals surface area contributed by atoms with E-state index in [1.807, 2.05) is 37.3 Å². The Morgan fingerprint density at radius 2 is 1.77 bits per heavy atom. The van der Waals surface area contributed by atoms with Crippen LogP contribution in [0.4, 0.5) is 0 Å². The molecule has 0 saturated carbocycles. The molecule has 0 N–H and O–H groups in total. The van der Waals surface area contributed by atoms with E-state index in [9.17, 15) is 9.59 Å². The number of fused-ring (bicyclic) bond motifs is 5. The number of ketones is 2. The minimum Gasteiger partial charge on any atom is -0.491 e. The molecule has 0 saturated heterocycles. The molecule has 4 rings (SSSR count). The van der Waals surface area contributed by atoms with E-state index >= 15 is 0 Å². The topological polar surface area (TPSA) is 56.5 Å². The van der Waals surface area contributed by atoms with Gasteiger partial charge in [0, 0.05) is 16.7 Å². The summed E-state index contributed by atoms with van der Waals surface area (Å²) in [5.41, 5.74) is 3.13. The number of benzene rings is 2. The maximum atomic E-state index is 12.9. The molecule has 1 aliphatic rings. The van der Waals surface area contributed by atoms with Gasteiger partial charge in [0.1, 0.15) is 18.1 Å². The summed E-state index contributed by atoms with van der Waals surface area (Å²) >= 11 is 0. The first kappa shape index (κ1) is 16.3. The van der Waals surface area contributed by atoms with Crippen molar-refractivity contribution in [2.24, 2.45) is 0 Å². The minimum absolute atomic E-state index is 0.178. The van der Waals surface area contributed by atoms with Crippen LogP contribution in [0.1, 0.15) is 44.5 Å². The van der Waals surface area contributed by atoms with Crippen molar-refractivity contribution in [3.8, 4) is 11.3 Å². The van der Waals surface area contributed by atoms with Crippen molar-refractivity contribution in [1.82, 2.24) is 0 Å². The molecule has 1 aliphatic carbocycles. The van der Waals surface area contributed by atoms with Crippen LogP contribution in [-0.2, 0) is 11.3 Å². The normalized spacial score (nSPS) is 12.9. The second kappa shape index (κ2) is 5.70. The van der Waals surface area contributed by atoms with Crippen LogP contribution >= 0.6 is 0 Å². The smallest absolute Gasteiger partial charge is 0.237 e.